The number of pyridine rings is 2. The van der Waals surface area contributed by atoms with E-state index in [4.69, 9.17) is 47.6 Å². The smallest absolute Gasteiger partial charge is 0.407 e. The van der Waals surface area contributed by atoms with Gasteiger partial charge < -0.3 is 73.6 Å². The van der Waals surface area contributed by atoms with Crippen LogP contribution in [-0.4, -0.2) is 144 Å². The number of aromatic nitrogens is 2. The maximum absolute atomic E-state index is 15.6. The van der Waals surface area contributed by atoms with E-state index in [-0.39, 0.29) is 60.9 Å². The molecule has 482 valence electrons. The first-order valence-corrected chi connectivity index (χ1v) is 29.7. The molecular weight excluding hydrogens is 1190 g/mol. The summed E-state index contributed by atoms with van der Waals surface area (Å²) in [6.45, 7) is 7.45. The van der Waals surface area contributed by atoms with Crippen LogP contribution in [0, 0.1) is 18.7 Å². The Balaban J connectivity index is 0.869. The number of esters is 5. The summed E-state index contributed by atoms with van der Waals surface area (Å²) < 4.78 is 67.7. The SMILES string of the molecule is CC[C@@]1(O)C(=O)OCc2c1cc1n(c2=O)Cc2c-1nc1cc(F)c(C)c3c1c2[C@@H](NC(=O)COCNC(=O)[C@H](CO[C@@H]1O[C@H](COC(C)=O)[C@H](OC(C)=O)[C@H](OC(C)=O)[C@H]1OC(C)=O)NC(=O)[C@@H](NC(=O)OCC1c2ccccc2-c2ccccc21)C(C)C)CC3. The fourth-order valence-corrected chi connectivity index (χ4v) is 12.6. The number of benzene rings is 3. The van der Waals surface area contributed by atoms with E-state index >= 15 is 4.39 Å². The van der Waals surface area contributed by atoms with Gasteiger partial charge in [0, 0.05) is 56.2 Å². The number of cyclic esters (lactones) is 1. The molecule has 26 nitrogen and oxygen atoms in total. The number of hydrogen-bond acceptors (Lipinski definition) is 21. The van der Waals surface area contributed by atoms with Crippen LogP contribution in [0.5, 0.6) is 0 Å². The molecule has 91 heavy (non-hydrogen) atoms. The van der Waals surface area contributed by atoms with Gasteiger partial charge in [0.15, 0.2) is 30.2 Å². The number of aliphatic hydroxyl groups is 1. The number of halogens is 1. The van der Waals surface area contributed by atoms with Crippen LogP contribution in [0.2, 0.25) is 0 Å². The van der Waals surface area contributed by atoms with Crippen molar-refractivity contribution in [2.45, 2.75) is 148 Å². The molecule has 0 bridgehead atoms. The van der Waals surface area contributed by atoms with E-state index in [1.54, 1.807) is 27.7 Å². The second-order valence-electron chi connectivity index (χ2n) is 23.2. The molecule has 5 N–H and O–H groups in total. The molecule has 1 saturated heterocycles. The Hall–Kier alpha value is -9.18. The molecule has 0 unspecified atom stereocenters. The summed E-state index contributed by atoms with van der Waals surface area (Å²) in [5.41, 5.74) is 4.44. The van der Waals surface area contributed by atoms with Gasteiger partial charge >= 0.3 is 35.9 Å². The van der Waals surface area contributed by atoms with E-state index < -0.39 is 152 Å². The highest BCUT2D eigenvalue weighted by molar-refractivity contribution is 5.95. The average Bonchev–Trinajstić information content (AvgIpc) is 1.62. The summed E-state index contributed by atoms with van der Waals surface area (Å²) in [7, 11) is 0. The third-order valence-corrected chi connectivity index (χ3v) is 16.9. The number of carbonyl (C=O) groups is 9. The predicted molar refractivity (Wildman–Crippen MR) is 314 cm³/mol. The normalized spacial score (nSPS) is 21.5. The fraction of sp³-hybridized carbons (Fsp3) is 0.453. The maximum Gasteiger partial charge on any atom is 0.407 e. The second-order valence-corrected chi connectivity index (χ2v) is 23.2. The molecule has 2 aliphatic carbocycles. The molecule has 1 fully saturated rings. The number of alkyl carbamates (subject to hydrolysis) is 1. The molecule has 0 spiro atoms. The van der Waals surface area contributed by atoms with Gasteiger partial charge in [0.25, 0.3) is 5.56 Å². The zero-order valence-electron chi connectivity index (χ0n) is 51.1. The van der Waals surface area contributed by atoms with E-state index in [9.17, 15) is 53.1 Å². The Morgan fingerprint density at radius 3 is 2.12 bits per heavy atom. The second kappa shape index (κ2) is 26.7. The first-order chi connectivity index (χ1) is 43.4. The first-order valence-electron chi connectivity index (χ1n) is 29.7. The lowest BCUT2D eigenvalue weighted by molar-refractivity contribution is -0.308. The van der Waals surface area contributed by atoms with Crippen molar-refractivity contribution >= 4 is 64.6 Å². The Bertz CT molecular complexity index is 3810. The number of amides is 4. The Morgan fingerprint density at radius 2 is 1.47 bits per heavy atom. The highest BCUT2D eigenvalue weighted by Crippen LogP contribution is 2.47. The molecule has 10 rings (SSSR count). The van der Waals surface area contributed by atoms with Gasteiger partial charge in [-0.05, 0) is 77.1 Å². The Kier molecular flexibility index (Phi) is 19.0. The summed E-state index contributed by atoms with van der Waals surface area (Å²) >= 11 is 0. The quantitative estimate of drug-likeness (QED) is 0.0295. The molecule has 5 heterocycles. The van der Waals surface area contributed by atoms with Gasteiger partial charge in [0.1, 0.15) is 57.2 Å². The van der Waals surface area contributed by atoms with Gasteiger partial charge in [-0.15, -0.1) is 0 Å². The average molecular weight is 1260 g/mol. The zero-order chi connectivity index (χ0) is 65.3. The minimum atomic E-state index is -2.11. The van der Waals surface area contributed by atoms with Crippen molar-refractivity contribution in [1.82, 2.24) is 30.8 Å². The van der Waals surface area contributed by atoms with E-state index in [1.807, 2.05) is 48.5 Å². The minimum absolute atomic E-state index is 0.0170. The van der Waals surface area contributed by atoms with Crippen molar-refractivity contribution < 1.29 is 95.3 Å². The summed E-state index contributed by atoms with van der Waals surface area (Å²) in [6.07, 6.45) is -8.61. The van der Waals surface area contributed by atoms with Crippen molar-refractivity contribution in [2.75, 3.05) is 33.2 Å². The standard InChI is InChI=1S/C64H69FN6O20/c1-9-64(82)43-20-48-54-40(22-71(48)60(79)42(43)24-86-62(64)80)52-45(19-18-35-30(4)44(65)21-46(68-54)51(35)52)67-50(76)27-83-28-66-58(77)47(25-85-61-57(90-34(8)75)56(89-33(7)74)55(88-32(6)73)49(91-61)26-84-31(5)72)69-59(78)53(29(2)3)70-63(81)87-23-41-38-16-12-10-14-36(38)37-15-11-13-17-39(37)41/h10-17,20-21,29,41,45,47,49,53,55-57,61,82H,9,18-19,22-28H2,1-8H3,(H,66,77)(H,67,76)(H,69,78)(H,70,81)/t45-,47-,49+,53-,55-,56-,57+,61+,64-/m0/s1. The van der Waals surface area contributed by atoms with Crippen LogP contribution in [0.4, 0.5) is 9.18 Å². The lowest BCUT2D eigenvalue weighted by atomic mass is 9.81. The molecule has 3 aliphatic heterocycles. The van der Waals surface area contributed by atoms with Crippen LogP contribution in [0.15, 0.2) is 65.5 Å². The number of aryl methyl sites for hydroxylation is 1. The van der Waals surface area contributed by atoms with Gasteiger partial charge in [0.05, 0.1) is 41.7 Å². The number of hydrogen-bond donors (Lipinski definition) is 5. The molecule has 5 aromatic rings. The Labute approximate surface area is 520 Å². The zero-order valence-corrected chi connectivity index (χ0v) is 51.1. The van der Waals surface area contributed by atoms with Crippen LogP contribution in [0.1, 0.15) is 118 Å². The van der Waals surface area contributed by atoms with Crippen molar-refractivity contribution in [3.63, 3.8) is 0 Å². The summed E-state index contributed by atoms with van der Waals surface area (Å²) in [5, 5.41) is 22.8. The number of fused-ring (bicyclic) bond motifs is 8. The van der Waals surface area contributed by atoms with E-state index in [2.05, 4.69) is 21.3 Å². The van der Waals surface area contributed by atoms with Gasteiger partial charge in [-0.3, -0.25) is 38.4 Å². The van der Waals surface area contributed by atoms with Crippen molar-refractivity contribution in [3.8, 4) is 22.5 Å². The van der Waals surface area contributed by atoms with Crippen molar-refractivity contribution in [1.29, 1.82) is 0 Å². The predicted octanol–water partition coefficient (Wildman–Crippen LogP) is 3.87. The van der Waals surface area contributed by atoms with E-state index in [1.165, 1.54) is 16.7 Å². The molecule has 5 aliphatic rings. The van der Waals surface area contributed by atoms with Gasteiger partial charge in [-0.1, -0.05) is 69.3 Å². The van der Waals surface area contributed by atoms with Crippen LogP contribution in [0.3, 0.4) is 0 Å². The number of nitrogens with zero attached hydrogens (tertiary/aromatic N) is 2. The topological polar surface area (TPSA) is 340 Å². The minimum Gasteiger partial charge on any atom is -0.463 e. The third-order valence-electron chi connectivity index (χ3n) is 16.9. The van der Waals surface area contributed by atoms with Crippen LogP contribution in [0.25, 0.3) is 33.4 Å². The molecule has 3 aromatic carbocycles. The van der Waals surface area contributed by atoms with Gasteiger partial charge in [0.2, 0.25) is 17.7 Å². The Morgan fingerprint density at radius 1 is 0.813 bits per heavy atom. The molecule has 4 amide bonds. The highest BCUT2D eigenvalue weighted by atomic mass is 19.1. The molecule has 2 aromatic heterocycles. The van der Waals surface area contributed by atoms with Crippen LogP contribution >= 0.6 is 0 Å². The number of carbonyl (C=O) groups excluding carboxylic acids is 9. The van der Waals surface area contributed by atoms with E-state index in [0.29, 0.717) is 39.8 Å². The van der Waals surface area contributed by atoms with Crippen molar-refractivity contribution in [3.05, 3.63) is 121 Å². The first kappa shape index (κ1) is 64.8. The number of ether oxygens (including phenoxy) is 9. The van der Waals surface area contributed by atoms with Gasteiger partial charge in [-0.25, -0.2) is 19.0 Å². The number of nitrogens with one attached hydrogen (secondary N) is 4. The van der Waals surface area contributed by atoms with Crippen molar-refractivity contribution in [2.24, 2.45) is 5.92 Å². The maximum atomic E-state index is 15.6. The molecular formula is C64H69FN6O20. The summed E-state index contributed by atoms with van der Waals surface area (Å²) in [6, 6.07) is 14.4. The monoisotopic (exact) mass is 1260 g/mol. The molecule has 9 atom stereocenters. The van der Waals surface area contributed by atoms with Gasteiger partial charge in [-0.2, -0.15) is 0 Å². The van der Waals surface area contributed by atoms with Crippen LogP contribution < -0.4 is 26.8 Å². The summed E-state index contributed by atoms with van der Waals surface area (Å²) in [4.78, 5) is 138. The number of rotatable bonds is 21. The summed E-state index contributed by atoms with van der Waals surface area (Å²) in [5.74, 6) is -8.46. The van der Waals surface area contributed by atoms with E-state index in [0.717, 1.165) is 49.9 Å². The highest BCUT2D eigenvalue weighted by Gasteiger charge is 2.53. The largest absolute Gasteiger partial charge is 0.463 e. The lowest BCUT2D eigenvalue weighted by Gasteiger charge is -2.44. The van der Waals surface area contributed by atoms with Crippen LogP contribution in [-0.2, 0) is 106 Å². The fourth-order valence-electron chi connectivity index (χ4n) is 12.6. The molecule has 0 radical (unpaired) electrons. The molecule has 0 saturated carbocycles. The lowest BCUT2D eigenvalue weighted by Crippen LogP contribution is -2.63. The third kappa shape index (κ3) is 13.1. The molecule has 27 heteroatoms.